The maximum absolute atomic E-state index is 12.0. The number of carbonyl (C=O) groups excluding carboxylic acids is 1. The van der Waals surface area contributed by atoms with Gasteiger partial charge in [-0.05, 0) is 32.0 Å². The number of hydrogen-bond acceptors (Lipinski definition) is 6. The predicted molar refractivity (Wildman–Crippen MR) is 95.3 cm³/mol. The minimum Gasteiger partial charge on any atom is -0.484 e. The van der Waals surface area contributed by atoms with Crippen LogP contribution >= 0.6 is 12.4 Å². The second-order valence-electron chi connectivity index (χ2n) is 6.00. The summed E-state index contributed by atoms with van der Waals surface area (Å²) in [5, 5.41) is 16.9. The number of non-ortho nitro benzene ring substituents is 1. The van der Waals surface area contributed by atoms with Gasteiger partial charge in [0.05, 0.1) is 17.6 Å². The summed E-state index contributed by atoms with van der Waals surface area (Å²) in [6, 6.07) is 5.78. The Balaban J connectivity index is 0.00000312. The Hall–Kier alpha value is -1.90. The molecule has 25 heavy (non-hydrogen) atoms. The molecule has 1 heterocycles. The highest BCUT2D eigenvalue weighted by Crippen LogP contribution is 2.28. The van der Waals surface area contributed by atoms with Crippen LogP contribution in [0.15, 0.2) is 24.3 Å². The fourth-order valence-electron chi connectivity index (χ4n) is 2.81. The van der Waals surface area contributed by atoms with E-state index < -0.39 is 4.92 Å². The number of halogens is 1. The van der Waals surface area contributed by atoms with Crippen molar-refractivity contribution in [2.45, 2.75) is 12.8 Å². The summed E-state index contributed by atoms with van der Waals surface area (Å²) in [6.07, 6.45) is 1.87. The first-order chi connectivity index (χ1) is 11.5. The molecule has 1 aromatic rings. The maximum Gasteiger partial charge on any atom is 0.273 e. The van der Waals surface area contributed by atoms with Crippen molar-refractivity contribution in [2.24, 2.45) is 5.41 Å². The number of benzene rings is 1. The third-order valence-corrected chi connectivity index (χ3v) is 4.17. The second-order valence-corrected chi connectivity index (χ2v) is 6.00. The minimum absolute atomic E-state index is 0. The van der Waals surface area contributed by atoms with Gasteiger partial charge in [-0.1, -0.05) is 6.07 Å². The quantitative estimate of drug-likeness (QED) is 0.529. The summed E-state index contributed by atoms with van der Waals surface area (Å²) in [5.41, 5.74) is -0.122. The molecule has 0 aliphatic carbocycles. The summed E-state index contributed by atoms with van der Waals surface area (Å²) in [4.78, 5) is 22.2. The van der Waals surface area contributed by atoms with E-state index in [2.05, 4.69) is 10.6 Å². The minimum atomic E-state index is -0.501. The summed E-state index contributed by atoms with van der Waals surface area (Å²) >= 11 is 0. The third-order valence-electron chi connectivity index (χ3n) is 4.17. The molecule has 9 heteroatoms. The normalized spacial score (nSPS) is 15.7. The van der Waals surface area contributed by atoms with Crippen molar-refractivity contribution in [1.29, 1.82) is 0 Å². The van der Waals surface area contributed by atoms with Crippen LogP contribution in [0, 0.1) is 15.5 Å². The van der Waals surface area contributed by atoms with Crippen LogP contribution in [0.1, 0.15) is 12.8 Å². The van der Waals surface area contributed by atoms with Gasteiger partial charge in [0, 0.05) is 25.1 Å². The van der Waals surface area contributed by atoms with Crippen molar-refractivity contribution >= 4 is 24.0 Å². The Bertz CT molecular complexity index is 573. The number of nitro benzene ring substituents is 1. The topological polar surface area (TPSA) is 103 Å². The van der Waals surface area contributed by atoms with E-state index in [0.29, 0.717) is 18.9 Å². The van der Waals surface area contributed by atoms with E-state index in [1.807, 2.05) is 0 Å². The van der Waals surface area contributed by atoms with E-state index in [1.54, 1.807) is 13.2 Å². The zero-order valence-corrected chi connectivity index (χ0v) is 15.0. The summed E-state index contributed by atoms with van der Waals surface area (Å²) in [7, 11) is 1.66. The van der Waals surface area contributed by atoms with Gasteiger partial charge in [0.1, 0.15) is 5.75 Å². The molecule has 8 nitrogen and oxygen atoms in total. The Morgan fingerprint density at radius 3 is 2.76 bits per heavy atom. The van der Waals surface area contributed by atoms with E-state index >= 15 is 0 Å². The van der Waals surface area contributed by atoms with Gasteiger partial charge < -0.3 is 20.1 Å². The molecule has 0 atom stereocenters. The highest BCUT2D eigenvalue weighted by atomic mass is 35.5. The van der Waals surface area contributed by atoms with Gasteiger partial charge in [0.2, 0.25) is 0 Å². The van der Waals surface area contributed by atoms with Crippen molar-refractivity contribution < 1.29 is 19.2 Å². The number of nitrogens with zero attached hydrogens (tertiary/aromatic N) is 1. The molecule has 1 saturated heterocycles. The monoisotopic (exact) mass is 373 g/mol. The number of ether oxygens (including phenoxy) is 2. The molecular weight excluding hydrogens is 350 g/mol. The standard InChI is InChI=1S/C16H23N3O5.ClH/c1-23-12-16(5-7-17-8-6-16)11-18-15(20)10-24-14-4-2-3-13(9-14)19(21)22;/h2-4,9,17H,5-8,10-12H2,1H3,(H,18,20);1H. The Labute approximate surface area is 152 Å². The lowest BCUT2D eigenvalue weighted by atomic mass is 9.79. The zero-order valence-electron chi connectivity index (χ0n) is 14.2. The van der Waals surface area contributed by atoms with Crippen LogP contribution in [-0.4, -0.2) is 50.8 Å². The number of carbonyl (C=O) groups is 1. The van der Waals surface area contributed by atoms with Gasteiger partial charge in [0.15, 0.2) is 6.61 Å². The molecule has 2 rings (SSSR count). The number of amides is 1. The van der Waals surface area contributed by atoms with Crippen LogP contribution in [0.4, 0.5) is 5.69 Å². The van der Waals surface area contributed by atoms with Gasteiger partial charge in [-0.2, -0.15) is 0 Å². The molecule has 0 saturated carbocycles. The van der Waals surface area contributed by atoms with Crippen LogP contribution < -0.4 is 15.4 Å². The molecule has 1 fully saturated rings. The van der Waals surface area contributed by atoms with Gasteiger partial charge in [-0.15, -0.1) is 12.4 Å². The van der Waals surface area contributed by atoms with Crippen molar-refractivity contribution in [1.82, 2.24) is 10.6 Å². The summed E-state index contributed by atoms with van der Waals surface area (Å²) in [6.45, 7) is 2.76. The molecule has 1 amide bonds. The van der Waals surface area contributed by atoms with Crippen molar-refractivity contribution in [3.8, 4) is 5.75 Å². The molecule has 0 radical (unpaired) electrons. The average molecular weight is 374 g/mol. The molecule has 140 valence electrons. The number of hydrogen-bond donors (Lipinski definition) is 2. The molecule has 1 aliphatic rings. The first kappa shape index (κ1) is 21.1. The highest BCUT2D eigenvalue weighted by Gasteiger charge is 2.32. The molecular formula is C16H24ClN3O5. The van der Waals surface area contributed by atoms with Crippen LogP contribution in [0.5, 0.6) is 5.75 Å². The Morgan fingerprint density at radius 1 is 1.40 bits per heavy atom. The number of nitrogens with one attached hydrogen (secondary N) is 2. The predicted octanol–water partition coefficient (Wildman–Crippen LogP) is 1.53. The SMILES string of the molecule is COCC1(CNC(=O)COc2cccc([N+](=O)[O-])c2)CCNCC1.Cl. The average Bonchev–Trinajstić information content (AvgIpc) is 2.59. The highest BCUT2D eigenvalue weighted by molar-refractivity contribution is 5.85. The Kier molecular flexibility index (Phi) is 8.60. The largest absolute Gasteiger partial charge is 0.484 e. The van der Waals surface area contributed by atoms with E-state index in [0.717, 1.165) is 25.9 Å². The molecule has 0 spiro atoms. The fourth-order valence-corrected chi connectivity index (χ4v) is 2.81. The van der Waals surface area contributed by atoms with Gasteiger partial charge >= 0.3 is 0 Å². The molecule has 2 N–H and O–H groups in total. The van der Waals surface area contributed by atoms with Crippen LogP contribution in [0.25, 0.3) is 0 Å². The number of piperidine rings is 1. The van der Waals surface area contributed by atoms with Gasteiger partial charge in [0.25, 0.3) is 11.6 Å². The lowest BCUT2D eigenvalue weighted by Gasteiger charge is -2.37. The lowest BCUT2D eigenvalue weighted by Crippen LogP contribution is -2.47. The van der Waals surface area contributed by atoms with E-state index in [-0.39, 0.29) is 36.0 Å². The first-order valence-electron chi connectivity index (χ1n) is 7.88. The first-order valence-corrected chi connectivity index (χ1v) is 7.88. The van der Waals surface area contributed by atoms with Crippen molar-refractivity contribution in [3.05, 3.63) is 34.4 Å². The Morgan fingerprint density at radius 2 is 2.12 bits per heavy atom. The van der Waals surface area contributed by atoms with Gasteiger partial charge in [-0.3, -0.25) is 14.9 Å². The fraction of sp³-hybridized carbons (Fsp3) is 0.562. The number of rotatable bonds is 8. The summed E-state index contributed by atoms with van der Waals surface area (Å²) < 4.78 is 10.6. The van der Waals surface area contributed by atoms with E-state index in [9.17, 15) is 14.9 Å². The van der Waals surface area contributed by atoms with Crippen LogP contribution in [0.3, 0.4) is 0 Å². The molecule has 0 bridgehead atoms. The summed E-state index contributed by atoms with van der Waals surface area (Å²) in [5.74, 6) is 0.0448. The molecule has 0 aromatic heterocycles. The van der Waals surface area contributed by atoms with Crippen molar-refractivity contribution in [3.63, 3.8) is 0 Å². The molecule has 1 aliphatic heterocycles. The van der Waals surface area contributed by atoms with Crippen LogP contribution in [-0.2, 0) is 9.53 Å². The van der Waals surface area contributed by atoms with Crippen LogP contribution in [0.2, 0.25) is 0 Å². The molecule has 1 aromatic carbocycles. The third kappa shape index (κ3) is 6.49. The van der Waals surface area contributed by atoms with Gasteiger partial charge in [-0.25, -0.2) is 0 Å². The number of methoxy groups -OCH3 is 1. The van der Waals surface area contributed by atoms with E-state index in [4.69, 9.17) is 9.47 Å². The van der Waals surface area contributed by atoms with Crippen molar-refractivity contribution in [2.75, 3.05) is 40.0 Å². The lowest BCUT2D eigenvalue weighted by molar-refractivity contribution is -0.384. The van der Waals surface area contributed by atoms with E-state index in [1.165, 1.54) is 18.2 Å². The maximum atomic E-state index is 12.0. The smallest absolute Gasteiger partial charge is 0.273 e. The molecule has 0 unspecified atom stereocenters. The second kappa shape index (κ2) is 10.2. The number of nitro groups is 1. The zero-order chi connectivity index (χ0) is 17.4.